The highest BCUT2D eigenvalue weighted by molar-refractivity contribution is 6.41. The van der Waals surface area contributed by atoms with Crippen molar-refractivity contribution in [3.63, 3.8) is 0 Å². The van der Waals surface area contributed by atoms with Crippen molar-refractivity contribution in [2.75, 3.05) is 5.32 Å². The summed E-state index contributed by atoms with van der Waals surface area (Å²) in [5, 5.41) is 15.2. The van der Waals surface area contributed by atoms with Gasteiger partial charge in [-0.2, -0.15) is 5.10 Å². The minimum Gasteiger partial charge on any atom is -0.478 e. The Bertz CT molecular complexity index is 820. The number of benzene rings is 2. The van der Waals surface area contributed by atoms with E-state index in [0.29, 0.717) is 5.69 Å². The first-order chi connectivity index (χ1) is 11.5. The molecule has 0 unspecified atom stereocenters. The summed E-state index contributed by atoms with van der Waals surface area (Å²) < 4.78 is 0. The van der Waals surface area contributed by atoms with E-state index in [4.69, 9.17) is 16.7 Å². The van der Waals surface area contributed by atoms with Crippen LogP contribution in [0.1, 0.15) is 15.9 Å². The Hall–Kier alpha value is -3.19. The Kier molecular flexibility index (Phi) is 5.64. The van der Waals surface area contributed by atoms with E-state index in [-0.39, 0.29) is 16.1 Å². The highest BCUT2D eigenvalue weighted by Crippen LogP contribution is 2.20. The fraction of sp³-hybridized carbons (Fsp3) is 0. The van der Waals surface area contributed by atoms with Gasteiger partial charge in [0.1, 0.15) is 0 Å². The first-order valence-corrected chi connectivity index (χ1v) is 7.08. The third-order valence-corrected chi connectivity index (χ3v) is 3.22. The molecular weight excluding hydrogens is 334 g/mol. The van der Waals surface area contributed by atoms with Crippen LogP contribution in [-0.2, 0) is 9.59 Å². The normalized spacial score (nSPS) is 10.4. The molecule has 0 bridgehead atoms. The van der Waals surface area contributed by atoms with Gasteiger partial charge in [0.15, 0.2) is 0 Å². The molecule has 0 atom stereocenters. The van der Waals surface area contributed by atoms with Crippen molar-refractivity contribution in [1.29, 1.82) is 0 Å². The van der Waals surface area contributed by atoms with Gasteiger partial charge in [0.05, 0.1) is 22.5 Å². The fourth-order valence-corrected chi connectivity index (χ4v) is 1.94. The van der Waals surface area contributed by atoms with Gasteiger partial charge in [0.25, 0.3) is 0 Å². The molecule has 0 saturated carbocycles. The van der Waals surface area contributed by atoms with Crippen LogP contribution in [0.4, 0.5) is 5.69 Å². The predicted octanol–water partition coefficient (Wildman–Crippen LogP) is 2.13. The van der Waals surface area contributed by atoms with Crippen LogP contribution in [0.5, 0.6) is 0 Å². The van der Waals surface area contributed by atoms with Crippen LogP contribution >= 0.6 is 11.6 Å². The van der Waals surface area contributed by atoms with Crippen LogP contribution in [0.15, 0.2) is 53.6 Å². The third-order valence-electron chi connectivity index (χ3n) is 2.89. The van der Waals surface area contributed by atoms with Crippen molar-refractivity contribution in [1.82, 2.24) is 5.43 Å². The maximum absolute atomic E-state index is 11.7. The van der Waals surface area contributed by atoms with Crippen molar-refractivity contribution >= 4 is 41.3 Å². The molecule has 2 aromatic rings. The highest BCUT2D eigenvalue weighted by atomic mass is 35.5. The number of hydrogen-bond donors (Lipinski definition) is 3. The first-order valence-electron chi connectivity index (χ1n) is 6.70. The molecule has 0 aromatic heterocycles. The summed E-state index contributed by atoms with van der Waals surface area (Å²) >= 11 is 5.87. The number of nitrogens with one attached hydrogen (secondary N) is 2. The smallest absolute Gasteiger partial charge is 0.336 e. The summed E-state index contributed by atoms with van der Waals surface area (Å²) in [5.41, 5.74) is 2.62. The van der Waals surface area contributed by atoms with Gasteiger partial charge in [0.2, 0.25) is 0 Å². The number of carbonyl (C=O) groups excluding carboxylic acids is 2. The summed E-state index contributed by atoms with van der Waals surface area (Å²) in [6, 6.07) is 12.5. The topological polar surface area (TPSA) is 108 Å². The van der Waals surface area contributed by atoms with E-state index < -0.39 is 17.8 Å². The van der Waals surface area contributed by atoms with E-state index in [2.05, 4.69) is 10.4 Å². The quantitative estimate of drug-likeness (QED) is 0.448. The second-order valence-electron chi connectivity index (χ2n) is 4.53. The Labute approximate surface area is 141 Å². The van der Waals surface area contributed by atoms with Crippen LogP contribution in [0.25, 0.3) is 0 Å². The van der Waals surface area contributed by atoms with E-state index >= 15 is 0 Å². The molecule has 122 valence electrons. The third kappa shape index (κ3) is 4.40. The number of rotatable bonds is 4. The van der Waals surface area contributed by atoms with Crippen molar-refractivity contribution in [2.24, 2.45) is 5.10 Å². The second kappa shape index (κ2) is 7.89. The number of halogens is 1. The minimum absolute atomic E-state index is 0.0241. The zero-order chi connectivity index (χ0) is 17.5. The van der Waals surface area contributed by atoms with Crippen LogP contribution in [0.2, 0.25) is 5.02 Å². The molecule has 8 heteroatoms. The van der Waals surface area contributed by atoms with Crippen molar-refractivity contribution in [2.45, 2.75) is 0 Å². The molecule has 2 amide bonds. The maximum atomic E-state index is 11.7. The number of nitrogens with zero attached hydrogens (tertiary/aromatic N) is 1. The van der Waals surface area contributed by atoms with E-state index in [1.54, 1.807) is 36.4 Å². The summed E-state index contributed by atoms with van der Waals surface area (Å²) in [5.74, 6) is -3.09. The molecule has 0 aliphatic heterocycles. The number of hydrogen-bond acceptors (Lipinski definition) is 4. The molecule has 2 aromatic carbocycles. The number of amides is 2. The molecule has 0 aliphatic carbocycles. The van der Waals surface area contributed by atoms with Crippen molar-refractivity contribution in [3.8, 4) is 0 Å². The predicted molar refractivity (Wildman–Crippen MR) is 89.2 cm³/mol. The number of aromatic carboxylic acids is 1. The average Bonchev–Trinajstić information content (AvgIpc) is 2.57. The Morgan fingerprint density at radius 1 is 1.00 bits per heavy atom. The maximum Gasteiger partial charge on any atom is 0.336 e. The molecule has 0 aliphatic rings. The molecule has 0 heterocycles. The van der Waals surface area contributed by atoms with Gasteiger partial charge in [0, 0.05) is 5.56 Å². The average molecular weight is 346 g/mol. The lowest BCUT2D eigenvalue weighted by molar-refractivity contribution is -0.136. The van der Waals surface area contributed by atoms with Crippen molar-refractivity contribution in [3.05, 3.63) is 64.7 Å². The summed E-state index contributed by atoms with van der Waals surface area (Å²) in [4.78, 5) is 34.4. The van der Waals surface area contributed by atoms with E-state index in [0.717, 1.165) is 6.21 Å². The van der Waals surface area contributed by atoms with E-state index in [1.807, 2.05) is 5.43 Å². The molecule has 3 N–H and O–H groups in total. The van der Waals surface area contributed by atoms with E-state index in [9.17, 15) is 14.4 Å². The van der Waals surface area contributed by atoms with Gasteiger partial charge in [-0.1, -0.05) is 41.9 Å². The minimum atomic E-state index is -1.13. The van der Waals surface area contributed by atoms with Gasteiger partial charge in [-0.05, 0) is 18.2 Å². The second-order valence-corrected chi connectivity index (χ2v) is 4.93. The van der Waals surface area contributed by atoms with E-state index in [1.165, 1.54) is 12.1 Å². The number of hydrazone groups is 1. The van der Waals surface area contributed by atoms with Gasteiger partial charge in [-0.25, -0.2) is 10.2 Å². The number of para-hydroxylation sites is 1. The number of carbonyl (C=O) groups is 3. The number of carboxylic acids is 1. The monoisotopic (exact) mass is 345 g/mol. The van der Waals surface area contributed by atoms with Crippen LogP contribution < -0.4 is 10.7 Å². The molecule has 0 saturated heterocycles. The molecule has 0 radical (unpaired) electrons. The van der Waals surface area contributed by atoms with Crippen LogP contribution in [0.3, 0.4) is 0 Å². The highest BCUT2D eigenvalue weighted by Gasteiger charge is 2.14. The zero-order valence-corrected chi connectivity index (χ0v) is 12.9. The molecule has 7 nitrogen and oxygen atoms in total. The standard InChI is InChI=1S/C16H12ClN3O4/c17-12-7-3-4-8-13(12)19-14(21)15(22)20-18-9-10-5-1-2-6-11(10)16(23)24/h1-9H,(H,19,21)(H,20,22)(H,23,24)/b18-9-. The molecule has 0 fully saturated rings. The van der Waals surface area contributed by atoms with Crippen LogP contribution in [0, 0.1) is 0 Å². The molecule has 0 spiro atoms. The fourth-order valence-electron chi connectivity index (χ4n) is 1.76. The zero-order valence-electron chi connectivity index (χ0n) is 12.2. The summed E-state index contributed by atoms with van der Waals surface area (Å²) in [6.45, 7) is 0. The first kappa shape index (κ1) is 17.2. The molecule has 2 rings (SSSR count). The molecular formula is C16H12ClN3O4. The number of carboxylic acid groups (broad SMARTS) is 1. The molecule has 24 heavy (non-hydrogen) atoms. The summed E-state index contributed by atoms with van der Waals surface area (Å²) in [7, 11) is 0. The van der Waals surface area contributed by atoms with Gasteiger partial charge >= 0.3 is 17.8 Å². The lowest BCUT2D eigenvalue weighted by atomic mass is 10.1. The van der Waals surface area contributed by atoms with Gasteiger partial charge in [-0.15, -0.1) is 0 Å². The van der Waals surface area contributed by atoms with Gasteiger partial charge < -0.3 is 10.4 Å². The Morgan fingerprint density at radius 3 is 2.38 bits per heavy atom. The van der Waals surface area contributed by atoms with Crippen molar-refractivity contribution < 1.29 is 19.5 Å². The number of anilines is 1. The Morgan fingerprint density at radius 2 is 1.67 bits per heavy atom. The lowest BCUT2D eigenvalue weighted by Crippen LogP contribution is -2.32. The SMILES string of the molecule is O=C(N/N=C\c1ccccc1C(=O)O)C(=O)Nc1ccccc1Cl. The lowest BCUT2D eigenvalue weighted by Gasteiger charge is -2.05. The van der Waals surface area contributed by atoms with Crippen LogP contribution in [-0.4, -0.2) is 29.1 Å². The largest absolute Gasteiger partial charge is 0.478 e. The summed E-state index contributed by atoms with van der Waals surface area (Å²) in [6.07, 6.45) is 1.14. The Balaban J connectivity index is 1.99. The van der Waals surface area contributed by atoms with Gasteiger partial charge in [-0.3, -0.25) is 9.59 Å².